The lowest BCUT2D eigenvalue weighted by molar-refractivity contribution is 0.00578. The molecule has 8 nitrogen and oxygen atoms in total. The van der Waals surface area contributed by atoms with Crippen LogP contribution in [0.1, 0.15) is 257 Å². The Bertz CT molecular complexity index is 6700. The summed E-state index contributed by atoms with van der Waals surface area (Å²) in [5.41, 5.74) is 38.9. The molecule has 14 aromatic carbocycles. The lowest BCUT2D eigenvalue weighted by atomic mass is 9.76. The maximum absolute atomic E-state index is 6.44. The van der Waals surface area contributed by atoms with Crippen molar-refractivity contribution in [1.82, 2.24) is 29.5 Å². The molecular formula is C126H138BBrN6O2. The molecular weight excluding hydrogens is 1720 g/mol. The third-order valence-corrected chi connectivity index (χ3v) is 27.4. The summed E-state index contributed by atoms with van der Waals surface area (Å²) in [5, 5.41) is 10.7. The highest BCUT2D eigenvalue weighted by atomic mass is 79.9. The summed E-state index contributed by atoms with van der Waals surface area (Å²) >= 11 is 3.66. The normalized spacial score (nSPS) is 13.3. The highest BCUT2D eigenvalue weighted by Gasteiger charge is 2.52. The van der Waals surface area contributed by atoms with Gasteiger partial charge < -0.3 is 9.31 Å². The Balaban J connectivity index is 0.000000165. The van der Waals surface area contributed by atoms with E-state index in [4.69, 9.17) is 29.5 Å². The lowest BCUT2D eigenvalue weighted by Crippen LogP contribution is -2.41. The highest BCUT2D eigenvalue weighted by Crippen LogP contribution is 2.46. The van der Waals surface area contributed by atoms with Gasteiger partial charge in [0.05, 0.1) is 22.6 Å². The average molecular weight is 1860 g/mol. The van der Waals surface area contributed by atoms with Crippen molar-refractivity contribution in [3.8, 4) is 135 Å². The zero-order valence-electron chi connectivity index (χ0n) is 85.6. The Kier molecular flexibility index (Phi) is 28.6. The van der Waals surface area contributed by atoms with Crippen molar-refractivity contribution in [2.75, 3.05) is 0 Å². The number of rotatable bonds is 18. The maximum Gasteiger partial charge on any atom is 0.494 e. The van der Waals surface area contributed by atoms with Crippen LogP contribution in [0, 0.1) is 27.7 Å². The van der Waals surface area contributed by atoms with Crippen molar-refractivity contribution < 1.29 is 9.31 Å². The third kappa shape index (κ3) is 22.2. The molecule has 2 aromatic heterocycles. The van der Waals surface area contributed by atoms with E-state index in [2.05, 4.69) is 516 Å². The van der Waals surface area contributed by atoms with Crippen LogP contribution in [0.5, 0.6) is 0 Å². The molecule has 694 valence electrons. The summed E-state index contributed by atoms with van der Waals surface area (Å²) < 4.78 is 18.1. The van der Waals surface area contributed by atoms with Gasteiger partial charge in [0.2, 0.25) is 0 Å². The van der Waals surface area contributed by atoms with Gasteiger partial charge in [-0.1, -0.05) is 389 Å². The Hall–Kier alpha value is -12.2. The van der Waals surface area contributed by atoms with E-state index < -0.39 is 7.12 Å². The van der Waals surface area contributed by atoms with Crippen molar-refractivity contribution in [1.29, 1.82) is 0 Å². The molecule has 1 fully saturated rings. The van der Waals surface area contributed by atoms with Crippen LogP contribution in [-0.4, -0.2) is 47.8 Å². The van der Waals surface area contributed by atoms with Crippen LogP contribution in [0.25, 0.3) is 135 Å². The van der Waals surface area contributed by atoms with Crippen LogP contribution in [-0.2, 0) is 31.0 Å². The molecule has 0 spiro atoms. The third-order valence-electron chi connectivity index (χ3n) is 26.9. The SMILES string of the molecule is CC(C)(C)c1ccc(-c2cc(B3OC(C)(C)C(C)(C)O3)cc(-c3ccc(C(C)(C)C)cc3)c2)cc1.Cc1cc(C)cc(-c2nc(-c3cccc(-c4cc(-c5ccc(C(C)(C)C)cc5)cc(-c5ccc(C(C)(C)C)cc5)c4)c3)n(-c3c(C(C)C)cc(-c4ccccc4)cc3C(C)C)n2)c1.Cc1cc(C)cc(-c2nc(-c3cccc(Br)c3)n(-c3c(C(C)C)cc(-c4ccccc4)cc3C(C)C)n2)c1. The summed E-state index contributed by atoms with van der Waals surface area (Å²) in [4.78, 5) is 10.6. The predicted octanol–water partition coefficient (Wildman–Crippen LogP) is 34.5. The minimum atomic E-state index is -0.401. The van der Waals surface area contributed by atoms with Gasteiger partial charge in [-0.15, -0.1) is 10.2 Å². The van der Waals surface area contributed by atoms with Crippen LogP contribution in [0.4, 0.5) is 0 Å². The number of halogens is 1. The molecule has 0 unspecified atom stereocenters. The highest BCUT2D eigenvalue weighted by molar-refractivity contribution is 9.10. The number of aryl methyl sites for hydroxylation is 4. The van der Waals surface area contributed by atoms with E-state index in [0.717, 1.165) is 78.0 Å². The quantitative estimate of drug-likeness (QED) is 0.0797. The summed E-state index contributed by atoms with van der Waals surface area (Å²) in [6.45, 7) is 62.3. The molecule has 0 bridgehead atoms. The van der Waals surface area contributed by atoms with Crippen molar-refractivity contribution >= 4 is 28.5 Å². The van der Waals surface area contributed by atoms with E-state index >= 15 is 0 Å². The molecule has 0 amide bonds. The van der Waals surface area contributed by atoms with Crippen LogP contribution in [0.3, 0.4) is 0 Å². The molecule has 10 heteroatoms. The predicted molar refractivity (Wildman–Crippen MR) is 582 cm³/mol. The first kappa shape index (κ1) is 98.3. The van der Waals surface area contributed by atoms with E-state index in [1.165, 1.54) is 134 Å². The van der Waals surface area contributed by atoms with Crippen LogP contribution >= 0.6 is 15.9 Å². The number of hydrogen-bond acceptors (Lipinski definition) is 6. The molecule has 1 aliphatic heterocycles. The number of benzene rings is 14. The first-order valence-corrected chi connectivity index (χ1v) is 49.5. The molecule has 0 atom stereocenters. The number of aromatic nitrogens is 6. The molecule has 17 rings (SSSR count). The van der Waals surface area contributed by atoms with E-state index in [-0.39, 0.29) is 44.7 Å². The topological polar surface area (TPSA) is 79.9 Å². The largest absolute Gasteiger partial charge is 0.494 e. The van der Waals surface area contributed by atoms with Gasteiger partial charge in [0.25, 0.3) is 0 Å². The summed E-state index contributed by atoms with van der Waals surface area (Å²) in [6, 6.07) is 111. The number of hydrogen-bond donors (Lipinski definition) is 0. The molecule has 1 aliphatic rings. The fourth-order valence-corrected chi connectivity index (χ4v) is 18.7. The average Bonchev–Trinajstić information content (AvgIpc) is 1.59. The summed E-state index contributed by atoms with van der Waals surface area (Å²) in [6.07, 6.45) is 0. The summed E-state index contributed by atoms with van der Waals surface area (Å²) in [7, 11) is -0.401. The Morgan fingerprint density at radius 3 is 0.809 bits per heavy atom. The molecule has 0 aliphatic carbocycles. The van der Waals surface area contributed by atoms with E-state index in [0.29, 0.717) is 11.8 Å². The molecule has 1 saturated heterocycles. The van der Waals surface area contributed by atoms with Crippen LogP contribution in [0.15, 0.2) is 308 Å². The first-order chi connectivity index (χ1) is 64.2. The second-order valence-corrected chi connectivity index (χ2v) is 45.0. The van der Waals surface area contributed by atoms with Gasteiger partial charge in [0.1, 0.15) is 0 Å². The lowest BCUT2D eigenvalue weighted by Gasteiger charge is -2.32. The van der Waals surface area contributed by atoms with Crippen molar-refractivity contribution in [2.24, 2.45) is 0 Å². The molecule has 16 aromatic rings. The van der Waals surface area contributed by atoms with Gasteiger partial charge in [0.15, 0.2) is 23.3 Å². The van der Waals surface area contributed by atoms with Gasteiger partial charge >= 0.3 is 7.12 Å². The Morgan fingerprint density at radius 2 is 0.515 bits per heavy atom. The minimum Gasteiger partial charge on any atom is -0.399 e. The van der Waals surface area contributed by atoms with Gasteiger partial charge in [-0.25, -0.2) is 19.3 Å². The van der Waals surface area contributed by atoms with E-state index in [9.17, 15) is 0 Å². The van der Waals surface area contributed by atoms with Crippen molar-refractivity contribution in [2.45, 2.75) is 250 Å². The minimum absolute atomic E-state index is 0.0785. The van der Waals surface area contributed by atoms with E-state index in [1.54, 1.807) is 0 Å². The smallest absolute Gasteiger partial charge is 0.399 e. The second kappa shape index (κ2) is 39.5. The van der Waals surface area contributed by atoms with Crippen molar-refractivity contribution in [3.05, 3.63) is 375 Å². The molecule has 136 heavy (non-hydrogen) atoms. The summed E-state index contributed by atoms with van der Waals surface area (Å²) in [5.74, 6) is 4.22. The zero-order valence-corrected chi connectivity index (χ0v) is 87.2. The van der Waals surface area contributed by atoms with Gasteiger partial charge in [-0.3, -0.25) is 0 Å². The zero-order chi connectivity index (χ0) is 97.6. The van der Waals surface area contributed by atoms with Crippen molar-refractivity contribution in [3.63, 3.8) is 0 Å². The van der Waals surface area contributed by atoms with E-state index in [1.807, 2.05) is 6.07 Å². The molecule has 0 N–H and O–H groups in total. The monoisotopic (exact) mass is 1860 g/mol. The molecule has 0 radical (unpaired) electrons. The number of nitrogens with zero attached hydrogens (tertiary/aromatic N) is 6. The van der Waals surface area contributed by atoms with Gasteiger partial charge in [0, 0.05) is 26.7 Å². The standard InChI is InChI=1S/C60H63N3.C34H34BrN3.C32H41BO2/c1-38(2)54-36-50(42-17-14-13-15-18-42)37-55(39(3)4)56(54)63-58(61-57(62-63)51-30-40(5)29-41(6)31-51)46-20-16-19-45(32-46)49-34-47(43-21-25-52(26-22-43)59(7,8)9)33-48(35-49)44-23-27-53(28-24-44)60(10,11)12;1-21(2)30-19-27(25-11-8-7-9-12-25)20-31(22(3)4)32(30)38-34(26-13-10-14-29(35)18-26)36-33(37-38)28-16-23(5)15-24(6)17-28;1-29(2,3)26-15-11-22(12-16-26)24-19-25(23-13-17-27(18-14-23)30(4,5)6)21-28(20-24)33-34-31(7,8)32(9,10)35-33/h13-39H,1-12H3;7-22H,1-6H3;11-21H,1-10H3. The van der Waals surface area contributed by atoms with Gasteiger partial charge in [-0.2, -0.15) is 0 Å². The Morgan fingerprint density at radius 1 is 0.265 bits per heavy atom. The molecule has 3 heterocycles. The van der Waals surface area contributed by atoms with Crippen LogP contribution < -0.4 is 5.46 Å². The molecule has 0 saturated carbocycles. The fourth-order valence-electron chi connectivity index (χ4n) is 18.3. The Labute approximate surface area is 821 Å². The van der Waals surface area contributed by atoms with Crippen LogP contribution in [0.2, 0.25) is 0 Å². The fraction of sp³-hybridized carbons (Fsp3) is 0.302. The van der Waals surface area contributed by atoms with Gasteiger partial charge in [-0.05, 0) is 320 Å². The maximum atomic E-state index is 6.44. The first-order valence-electron chi connectivity index (χ1n) is 48.8. The second-order valence-electron chi connectivity index (χ2n) is 44.1.